The highest BCUT2D eigenvalue weighted by atomic mass is 16.3. The largest absolute Gasteiger partial charge is 0.506 e. The normalized spacial score (nSPS) is 14.8. The molecule has 0 spiro atoms. The van der Waals surface area contributed by atoms with E-state index in [1.165, 1.54) is 0 Å². The fraction of sp³-hybridized carbons (Fsp3) is 0.235. The molecule has 2 aromatic rings. The van der Waals surface area contributed by atoms with Crippen LogP contribution < -0.4 is 9.80 Å². The van der Waals surface area contributed by atoms with E-state index in [1.54, 1.807) is 6.07 Å². The Morgan fingerprint density at radius 2 is 1.48 bits per heavy atom. The van der Waals surface area contributed by atoms with Gasteiger partial charge in [-0.1, -0.05) is 12.1 Å². The number of rotatable bonds is 2. The highest BCUT2D eigenvalue weighted by Crippen LogP contribution is 2.28. The lowest BCUT2D eigenvalue weighted by Gasteiger charge is -2.37. The first-order valence-electron chi connectivity index (χ1n) is 7.06. The van der Waals surface area contributed by atoms with Crippen LogP contribution >= 0.6 is 0 Å². The van der Waals surface area contributed by atoms with E-state index in [9.17, 15) is 5.11 Å². The summed E-state index contributed by atoms with van der Waals surface area (Å²) in [6, 6.07) is 17.3. The predicted octanol–water partition coefficient (Wildman–Crippen LogP) is 2.59. The lowest BCUT2D eigenvalue weighted by Crippen LogP contribution is -2.46. The van der Waals surface area contributed by atoms with Gasteiger partial charge < -0.3 is 14.9 Å². The fourth-order valence-corrected chi connectivity index (χ4v) is 2.68. The van der Waals surface area contributed by atoms with Gasteiger partial charge in [-0.15, -0.1) is 0 Å². The van der Waals surface area contributed by atoms with Gasteiger partial charge in [-0.05, 0) is 36.4 Å². The van der Waals surface area contributed by atoms with Crippen molar-refractivity contribution in [2.75, 3.05) is 36.0 Å². The molecule has 1 saturated heterocycles. The molecule has 21 heavy (non-hydrogen) atoms. The third kappa shape index (κ3) is 2.77. The van der Waals surface area contributed by atoms with Crippen molar-refractivity contribution >= 4 is 11.4 Å². The maximum Gasteiger partial charge on any atom is 0.138 e. The summed E-state index contributed by atoms with van der Waals surface area (Å²) >= 11 is 0. The van der Waals surface area contributed by atoms with Crippen molar-refractivity contribution in [2.24, 2.45) is 0 Å². The number of para-hydroxylation sites is 2. The average Bonchev–Trinajstić information content (AvgIpc) is 2.56. The molecule has 1 heterocycles. The highest BCUT2D eigenvalue weighted by Gasteiger charge is 2.19. The number of phenols is 1. The summed E-state index contributed by atoms with van der Waals surface area (Å²) in [6.45, 7) is 3.55. The highest BCUT2D eigenvalue weighted by molar-refractivity contribution is 5.59. The van der Waals surface area contributed by atoms with Crippen LogP contribution in [0.25, 0.3) is 0 Å². The lowest BCUT2D eigenvalue weighted by atomic mass is 10.2. The van der Waals surface area contributed by atoms with E-state index in [0.29, 0.717) is 11.3 Å². The molecule has 0 unspecified atom stereocenters. The average molecular weight is 279 g/mol. The summed E-state index contributed by atoms with van der Waals surface area (Å²) in [5.74, 6) is 0.337. The first-order valence-corrected chi connectivity index (χ1v) is 7.06. The van der Waals surface area contributed by atoms with Crippen molar-refractivity contribution < 1.29 is 5.11 Å². The van der Waals surface area contributed by atoms with Crippen LogP contribution in [0.1, 0.15) is 5.56 Å². The molecule has 1 aliphatic rings. The quantitative estimate of drug-likeness (QED) is 0.918. The second kappa shape index (κ2) is 5.76. The number of nitriles is 1. The van der Waals surface area contributed by atoms with E-state index in [1.807, 2.05) is 42.5 Å². The van der Waals surface area contributed by atoms with Crippen LogP contribution in [0.15, 0.2) is 48.5 Å². The Hall–Kier alpha value is -2.67. The molecule has 0 aliphatic carbocycles. The van der Waals surface area contributed by atoms with Gasteiger partial charge in [0.2, 0.25) is 0 Å². The van der Waals surface area contributed by atoms with Crippen molar-refractivity contribution in [3.8, 4) is 11.8 Å². The Bertz CT molecular complexity index is 652. The Labute approximate surface area is 124 Å². The van der Waals surface area contributed by atoms with Gasteiger partial charge in [0.25, 0.3) is 0 Å². The van der Waals surface area contributed by atoms with Crippen LogP contribution in [0.5, 0.6) is 5.75 Å². The Morgan fingerprint density at radius 3 is 2.10 bits per heavy atom. The number of anilines is 2. The molecule has 2 aromatic carbocycles. The van der Waals surface area contributed by atoms with E-state index < -0.39 is 0 Å². The second-order valence-corrected chi connectivity index (χ2v) is 5.12. The summed E-state index contributed by atoms with van der Waals surface area (Å²) < 4.78 is 0. The zero-order valence-electron chi connectivity index (χ0n) is 11.7. The number of hydrogen-bond donors (Lipinski definition) is 1. The fourth-order valence-electron chi connectivity index (χ4n) is 2.68. The molecular weight excluding hydrogens is 262 g/mol. The van der Waals surface area contributed by atoms with Gasteiger partial charge in [-0.25, -0.2) is 0 Å². The van der Waals surface area contributed by atoms with Crippen molar-refractivity contribution in [1.82, 2.24) is 0 Å². The minimum atomic E-state index is 0.337. The molecule has 1 aliphatic heterocycles. The molecule has 1 fully saturated rings. The first-order chi connectivity index (χ1) is 10.3. The smallest absolute Gasteiger partial charge is 0.138 e. The number of phenolic OH excluding ortho intramolecular Hbond substituents is 1. The van der Waals surface area contributed by atoms with Gasteiger partial charge in [0.15, 0.2) is 0 Å². The number of benzene rings is 2. The molecule has 0 saturated carbocycles. The van der Waals surface area contributed by atoms with Gasteiger partial charge in [0.05, 0.1) is 17.3 Å². The first kappa shape index (κ1) is 13.3. The molecule has 3 rings (SSSR count). The monoisotopic (exact) mass is 279 g/mol. The number of nitrogens with zero attached hydrogens (tertiary/aromatic N) is 3. The van der Waals surface area contributed by atoms with Gasteiger partial charge >= 0.3 is 0 Å². The number of aromatic hydroxyl groups is 1. The summed E-state index contributed by atoms with van der Waals surface area (Å²) in [5, 5.41) is 18.7. The molecule has 0 radical (unpaired) electrons. The van der Waals surface area contributed by atoms with E-state index in [4.69, 9.17) is 5.26 Å². The minimum Gasteiger partial charge on any atom is -0.506 e. The maximum atomic E-state index is 9.92. The number of piperazine rings is 1. The van der Waals surface area contributed by atoms with Crippen LogP contribution in [-0.4, -0.2) is 31.3 Å². The molecular formula is C17H17N3O. The summed E-state index contributed by atoms with van der Waals surface area (Å²) in [7, 11) is 0. The second-order valence-electron chi connectivity index (χ2n) is 5.12. The number of hydrogen-bond acceptors (Lipinski definition) is 4. The van der Waals surface area contributed by atoms with Gasteiger partial charge in [-0.2, -0.15) is 5.26 Å². The van der Waals surface area contributed by atoms with E-state index >= 15 is 0 Å². The van der Waals surface area contributed by atoms with E-state index in [-0.39, 0.29) is 0 Å². The molecule has 1 N–H and O–H groups in total. The van der Waals surface area contributed by atoms with Crippen molar-refractivity contribution in [2.45, 2.75) is 0 Å². The summed E-state index contributed by atoms with van der Waals surface area (Å²) in [4.78, 5) is 4.51. The molecule has 0 bridgehead atoms. The SMILES string of the molecule is N#Cc1ccc(N2CCN(c3ccccc3O)CC2)cc1. The van der Waals surface area contributed by atoms with Crippen LogP contribution in [-0.2, 0) is 0 Å². The molecule has 0 amide bonds. The van der Waals surface area contributed by atoms with Crippen molar-refractivity contribution in [3.05, 3.63) is 54.1 Å². The lowest BCUT2D eigenvalue weighted by molar-refractivity contribution is 0.472. The van der Waals surface area contributed by atoms with Crippen molar-refractivity contribution in [1.29, 1.82) is 5.26 Å². The zero-order valence-corrected chi connectivity index (χ0v) is 11.7. The standard InChI is InChI=1S/C17H17N3O/c18-13-14-5-7-15(8-6-14)19-9-11-20(12-10-19)16-3-1-2-4-17(16)21/h1-8,21H,9-12H2. The van der Waals surface area contributed by atoms with Crippen molar-refractivity contribution in [3.63, 3.8) is 0 Å². The molecule has 4 nitrogen and oxygen atoms in total. The Morgan fingerprint density at radius 1 is 0.857 bits per heavy atom. The third-order valence-corrected chi connectivity index (χ3v) is 3.86. The van der Waals surface area contributed by atoms with E-state index in [2.05, 4.69) is 15.9 Å². The molecule has 4 heteroatoms. The van der Waals surface area contributed by atoms with Crippen LogP contribution in [0.2, 0.25) is 0 Å². The maximum absolute atomic E-state index is 9.92. The zero-order chi connectivity index (χ0) is 14.7. The topological polar surface area (TPSA) is 50.5 Å². The van der Waals surface area contributed by atoms with Gasteiger partial charge in [0.1, 0.15) is 5.75 Å². The minimum absolute atomic E-state index is 0.337. The molecule has 0 atom stereocenters. The third-order valence-electron chi connectivity index (χ3n) is 3.86. The molecule has 106 valence electrons. The van der Waals surface area contributed by atoms with Gasteiger partial charge in [-0.3, -0.25) is 0 Å². The summed E-state index contributed by atoms with van der Waals surface area (Å²) in [5.41, 5.74) is 2.73. The van der Waals surface area contributed by atoms with Gasteiger partial charge in [0, 0.05) is 31.9 Å². The molecule has 0 aromatic heterocycles. The van der Waals surface area contributed by atoms with E-state index in [0.717, 1.165) is 37.6 Å². The summed E-state index contributed by atoms with van der Waals surface area (Å²) in [6.07, 6.45) is 0. The predicted molar refractivity (Wildman–Crippen MR) is 83.7 cm³/mol. The van der Waals surface area contributed by atoms with Crippen LogP contribution in [0.3, 0.4) is 0 Å². The van der Waals surface area contributed by atoms with Crippen LogP contribution in [0.4, 0.5) is 11.4 Å². The Balaban J connectivity index is 1.67. The van der Waals surface area contributed by atoms with Crippen LogP contribution in [0, 0.1) is 11.3 Å². The Kier molecular flexibility index (Phi) is 3.65.